The number of halogens is 1. The molecule has 0 amide bonds. The van der Waals surface area contributed by atoms with Crippen LogP contribution < -0.4 is 10.9 Å². The second-order valence-electron chi connectivity index (χ2n) is 4.27. The summed E-state index contributed by atoms with van der Waals surface area (Å²) in [5.74, 6) is -0.247. The monoisotopic (exact) mass is 237 g/mol. The second kappa shape index (κ2) is 4.28. The van der Waals surface area contributed by atoms with Crippen molar-refractivity contribution in [3.63, 3.8) is 0 Å². The van der Waals surface area contributed by atoms with Crippen molar-refractivity contribution in [1.82, 2.24) is 0 Å². The lowest BCUT2D eigenvalue weighted by molar-refractivity contribution is 0.336. The molecule has 1 aliphatic rings. The number of benzene rings is 2. The lowest BCUT2D eigenvalue weighted by Crippen LogP contribution is -2.41. The molecule has 0 fully saturated rings. The minimum absolute atomic E-state index is 0.200. The summed E-state index contributed by atoms with van der Waals surface area (Å²) in [5, 5.41) is 8.90. The highest BCUT2D eigenvalue weighted by molar-refractivity contribution is 6.81. The van der Waals surface area contributed by atoms with Gasteiger partial charge < -0.3 is 4.65 Å². The molecule has 0 aliphatic carbocycles. The van der Waals surface area contributed by atoms with E-state index < -0.39 is 0 Å². The highest BCUT2D eigenvalue weighted by Gasteiger charge is 2.30. The van der Waals surface area contributed by atoms with Crippen LogP contribution in [-0.2, 0) is 11.3 Å². The van der Waals surface area contributed by atoms with Crippen molar-refractivity contribution in [1.29, 1.82) is 5.26 Å². The van der Waals surface area contributed by atoms with Gasteiger partial charge in [0, 0.05) is 0 Å². The van der Waals surface area contributed by atoms with Crippen LogP contribution in [0.4, 0.5) is 4.39 Å². The molecule has 1 heterocycles. The Bertz CT molecular complexity index is 650. The molecule has 0 unspecified atom stereocenters. The summed E-state index contributed by atoms with van der Waals surface area (Å²) in [5.41, 5.74) is 3.39. The Kier molecular flexibility index (Phi) is 2.62. The van der Waals surface area contributed by atoms with Crippen LogP contribution in [0.2, 0.25) is 0 Å². The lowest BCUT2D eigenvalue weighted by Gasteiger charge is -2.07. The van der Waals surface area contributed by atoms with Crippen LogP contribution in [0, 0.1) is 17.1 Å². The van der Waals surface area contributed by atoms with E-state index in [2.05, 4.69) is 6.07 Å². The minimum atomic E-state index is -0.247. The zero-order valence-corrected chi connectivity index (χ0v) is 9.56. The molecule has 0 bridgehead atoms. The van der Waals surface area contributed by atoms with Gasteiger partial charge in [0.25, 0.3) is 0 Å². The molecule has 0 radical (unpaired) electrons. The van der Waals surface area contributed by atoms with E-state index in [-0.39, 0.29) is 12.7 Å². The van der Waals surface area contributed by atoms with Gasteiger partial charge in [-0.2, -0.15) is 5.26 Å². The first-order valence-electron chi connectivity index (χ1n) is 5.68. The number of rotatable bonds is 1. The Morgan fingerprint density at radius 3 is 2.94 bits per heavy atom. The topological polar surface area (TPSA) is 33.0 Å². The van der Waals surface area contributed by atoms with Gasteiger partial charge in [-0.3, -0.25) is 0 Å². The molecule has 1 aliphatic heterocycles. The van der Waals surface area contributed by atoms with Gasteiger partial charge in [0.05, 0.1) is 18.2 Å². The van der Waals surface area contributed by atoms with E-state index in [9.17, 15) is 4.39 Å². The van der Waals surface area contributed by atoms with Gasteiger partial charge >= 0.3 is 6.92 Å². The van der Waals surface area contributed by atoms with E-state index in [0.29, 0.717) is 12.2 Å². The molecule has 0 N–H and O–H groups in total. The highest BCUT2D eigenvalue weighted by Crippen LogP contribution is 2.12. The predicted molar refractivity (Wildman–Crippen MR) is 67.4 cm³/mol. The molecule has 2 aromatic rings. The molecule has 0 aromatic heterocycles. The molecule has 2 nitrogen and oxygen atoms in total. The van der Waals surface area contributed by atoms with Crippen LogP contribution in [-0.4, -0.2) is 6.92 Å². The van der Waals surface area contributed by atoms with Crippen LogP contribution in [0.25, 0.3) is 0 Å². The molecular formula is C14H9BFNO. The third kappa shape index (κ3) is 1.79. The third-order valence-electron chi connectivity index (χ3n) is 3.11. The predicted octanol–water partition coefficient (Wildman–Crippen LogP) is 1.33. The molecule has 3 rings (SSSR count). The maximum Gasteiger partial charge on any atom is 0.362 e. The van der Waals surface area contributed by atoms with Crippen molar-refractivity contribution in [3.05, 3.63) is 59.4 Å². The van der Waals surface area contributed by atoms with Crippen molar-refractivity contribution in [2.45, 2.75) is 6.61 Å². The first-order chi connectivity index (χ1) is 8.78. The van der Waals surface area contributed by atoms with Crippen LogP contribution in [0.3, 0.4) is 0 Å². The van der Waals surface area contributed by atoms with Crippen molar-refractivity contribution in [3.8, 4) is 6.07 Å². The first kappa shape index (κ1) is 11.0. The zero-order valence-electron chi connectivity index (χ0n) is 9.56. The Hall–Kier alpha value is -2.12. The van der Waals surface area contributed by atoms with Gasteiger partial charge in [-0.1, -0.05) is 18.2 Å². The molecule has 0 saturated carbocycles. The summed E-state index contributed by atoms with van der Waals surface area (Å²) in [6.07, 6.45) is 0. The average molecular weight is 237 g/mol. The molecule has 2 aromatic carbocycles. The minimum Gasteiger partial charge on any atom is -0.423 e. The summed E-state index contributed by atoms with van der Waals surface area (Å²) in [4.78, 5) is 0. The molecule has 86 valence electrons. The average Bonchev–Trinajstić information content (AvgIpc) is 2.81. The van der Waals surface area contributed by atoms with Crippen molar-refractivity contribution in [2.75, 3.05) is 0 Å². The lowest BCUT2D eigenvalue weighted by atomic mass is 9.56. The molecule has 0 atom stereocenters. The van der Waals surface area contributed by atoms with Crippen molar-refractivity contribution < 1.29 is 9.04 Å². The Balaban J connectivity index is 2.03. The number of hydrogen-bond acceptors (Lipinski definition) is 2. The fourth-order valence-electron chi connectivity index (χ4n) is 2.27. The standard InChI is InChI=1S/C14H9BFNO/c16-13-4-5-14-11(7-13)9-18-15(14)12-3-1-2-10(6-12)8-17/h1-7H,9H2. The van der Waals surface area contributed by atoms with Gasteiger partial charge in [0.15, 0.2) is 0 Å². The van der Waals surface area contributed by atoms with E-state index in [4.69, 9.17) is 9.92 Å². The van der Waals surface area contributed by atoms with E-state index in [0.717, 1.165) is 16.5 Å². The van der Waals surface area contributed by atoms with E-state index >= 15 is 0 Å². The second-order valence-corrected chi connectivity index (χ2v) is 4.27. The van der Waals surface area contributed by atoms with Gasteiger partial charge in [-0.25, -0.2) is 4.39 Å². The van der Waals surface area contributed by atoms with E-state index in [1.807, 2.05) is 18.2 Å². The quantitative estimate of drug-likeness (QED) is 0.701. The summed E-state index contributed by atoms with van der Waals surface area (Å²) in [6.45, 7) is 0.211. The van der Waals surface area contributed by atoms with Gasteiger partial charge in [0.1, 0.15) is 5.82 Å². The van der Waals surface area contributed by atoms with Crippen LogP contribution >= 0.6 is 0 Å². The number of fused-ring (bicyclic) bond motifs is 1. The smallest absolute Gasteiger partial charge is 0.362 e. The zero-order chi connectivity index (χ0) is 12.5. The van der Waals surface area contributed by atoms with Crippen molar-refractivity contribution in [2.24, 2.45) is 0 Å². The number of nitriles is 1. The van der Waals surface area contributed by atoms with Gasteiger partial charge in [-0.05, 0) is 40.8 Å². The maximum absolute atomic E-state index is 13.1. The molecule has 18 heavy (non-hydrogen) atoms. The molecular weight excluding hydrogens is 228 g/mol. The third-order valence-corrected chi connectivity index (χ3v) is 3.11. The van der Waals surface area contributed by atoms with E-state index in [1.165, 1.54) is 12.1 Å². The molecule has 0 saturated heterocycles. The summed E-state index contributed by atoms with van der Waals surface area (Å²) in [7, 11) is 0. The largest absolute Gasteiger partial charge is 0.423 e. The summed E-state index contributed by atoms with van der Waals surface area (Å²) < 4.78 is 18.8. The van der Waals surface area contributed by atoms with Crippen LogP contribution in [0.15, 0.2) is 42.5 Å². The summed E-state index contributed by atoms with van der Waals surface area (Å²) in [6, 6.07) is 14.1. The molecule has 4 heteroatoms. The normalized spacial score (nSPS) is 13.2. The van der Waals surface area contributed by atoms with Crippen molar-refractivity contribution >= 4 is 17.8 Å². The van der Waals surface area contributed by atoms with E-state index in [1.54, 1.807) is 12.1 Å². The summed E-state index contributed by atoms with van der Waals surface area (Å²) >= 11 is 0. The Morgan fingerprint density at radius 2 is 2.11 bits per heavy atom. The Morgan fingerprint density at radius 1 is 1.22 bits per heavy atom. The van der Waals surface area contributed by atoms with Crippen LogP contribution in [0.5, 0.6) is 0 Å². The SMILES string of the molecule is N#Cc1cccc(B2OCc3cc(F)ccc32)c1. The number of nitrogens with zero attached hydrogens (tertiary/aromatic N) is 1. The fourth-order valence-corrected chi connectivity index (χ4v) is 2.27. The Labute approximate surface area is 105 Å². The number of hydrogen-bond donors (Lipinski definition) is 0. The van der Waals surface area contributed by atoms with Gasteiger partial charge in [0.2, 0.25) is 0 Å². The first-order valence-corrected chi connectivity index (χ1v) is 5.68. The van der Waals surface area contributed by atoms with Gasteiger partial charge in [-0.15, -0.1) is 0 Å². The van der Waals surface area contributed by atoms with Crippen LogP contribution in [0.1, 0.15) is 11.1 Å². The maximum atomic E-state index is 13.1. The highest BCUT2D eigenvalue weighted by atomic mass is 19.1. The fraction of sp³-hybridized carbons (Fsp3) is 0.0714. The molecule has 0 spiro atoms.